The third-order valence-corrected chi connectivity index (χ3v) is 1.33. The average molecular weight is 336 g/mol. The largest absolute Gasteiger partial charge is 0.339 e. The molecule has 80 valence electrons. The molecule has 0 aliphatic heterocycles. The molecule has 0 aliphatic carbocycles. The minimum atomic E-state index is -3.22. The van der Waals surface area contributed by atoms with Gasteiger partial charge in [-0.3, -0.25) is 4.57 Å². The minimum absolute atomic E-state index is 0.313. The summed E-state index contributed by atoms with van der Waals surface area (Å²) in [6.45, 7) is 0. The average Bonchev–Trinajstić information content (AvgIpc) is 1.77. The Kier molecular flexibility index (Phi) is 7.18. The molecule has 0 atom stereocenters. The molecule has 14 heavy (non-hydrogen) atoms. The highest BCUT2D eigenvalue weighted by molar-refractivity contribution is 8.24. The molecule has 9 heteroatoms. The van der Waals surface area contributed by atoms with Gasteiger partial charge in [-0.15, -0.1) is 0 Å². The Labute approximate surface area is 110 Å². The summed E-state index contributed by atoms with van der Waals surface area (Å²) in [5.74, 6) is 0. The van der Waals surface area contributed by atoms with Gasteiger partial charge in [0, 0.05) is 5.02 Å². The molecule has 1 aromatic heterocycles. The molecule has 0 bridgehead atoms. The van der Waals surface area contributed by atoms with Crippen LogP contribution in [0.1, 0.15) is 0 Å². The molecular weight excluding hydrogens is 334 g/mol. The molecule has 0 radical (unpaired) electrons. The van der Waals surface area contributed by atoms with Gasteiger partial charge < -0.3 is 0 Å². The smallest absolute Gasteiger partial charge is 0.271 e. The highest BCUT2D eigenvalue weighted by atomic mass is 36.0. The highest BCUT2D eigenvalue weighted by Crippen LogP contribution is 2.61. The summed E-state index contributed by atoms with van der Waals surface area (Å²) in [5.41, 5.74) is 0. The lowest BCUT2D eigenvalue weighted by Gasteiger charge is -1.90. The van der Waals surface area contributed by atoms with Gasteiger partial charge in [-0.05, 0) is 45.9 Å². The summed E-state index contributed by atoms with van der Waals surface area (Å²) in [7, 11) is 0. The number of hydrogen-bond donors (Lipinski definition) is 0. The molecule has 1 heterocycles. The van der Waals surface area contributed by atoms with E-state index in [0.29, 0.717) is 15.3 Å². The molecule has 0 saturated carbocycles. The minimum Gasteiger partial charge on any atom is -0.271 e. The summed E-state index contributed by atoms with van der Waals surface area (Å²) in [4.78, 5) is 3.68. The monoisotopic (exact) mass is 333 g/mol. The van der Waals surface area contributed by atoms with Crippen LogP contribution in [0.4, 0.5) is 0 Å². The van der Waals surface area contributed by atoms with Gasteiger partial charge in [-0.25, -0.2) is 4.98 Å². The summed E-state index contributed by atoms with van der Waals surface area (Å²) in [6.07, 6.45) is 0. The summed E-state index contributed by atoms with van der Waals surface area (Å²) >= 11 is 30.3. The Balaban J connectivity index is 0.000000292. The van der Waals surface area contributed by atoms with Crippen molar-refractivity contribution in [2.45, 2.75) is 0 Å². The van der Waals surface area contributed by atoms with Crippen LogP contribution in [-0.4, -0.2) is 4.98 Å². The second kappa shape index (κ2) is 6.65. The van der Waals surface area contributed by atoms with Crippen molar-refractivity contribution in [2.75, 3.05) is 0 Å². The van der Waals surface area contributed by atoms with Crippen molar-refractivity contribution in [3.8, 4) is 0 Å². The molecule has 2 nitrogen and oxygen atoms in total. The zero-order valence-electron chi connectivity index (χ0n) is 6.23. The van der Waals surface area contributed by atoms with Gasteiger partial charge in [-0.2, -0.15) is 0 Å². The van der Waals surface area contributed by atoms with Crippen LogP contribution >= 0.6 is 73.7 Å². The van der Waals surface area contributed by atoms with Gasteiger partial charge in [0.2, 0.25) is 0 Å². The molecule has 0 N–H and O–H groups in total. The Morgan fingerprint density at radius 3 is 1.50 bits per heavy atom. The van der Waals surface area contributed by atoms with E-state index in [1.54, 1.807) is 0 Å². The predicted molar refractivity (Wildman–Crippen MR) is 64.4 cm³/mol. The van der Waals surface area contributed by atoms with Crippen molar-refractivity contribution < 1.29 is 4.57 Å². The summed E-state index contributed by atoms with van der Waals surface area (Å²) in [6, 6.07) is 3.05. The van der Waals surface area contributed by atoms with Crippen molar-refractivity contribution in [1.29, 1.82) is 0 Å². The van der Waals surface area contributed by atoms with Crippen LogP contribution in [0.25, 0.3) is 0 Å². The highest BCUT2D eigenvalue weighted by Gasteiger charge is 2.03. The first-order chi connectivity index (χ1) is 6.18. The summed E-state index contributed by atoms with van der Waals surface area (Å²) in [5, 5.41) is -2.10. The second-order valence-corrected chi connectivity index (χ2v) is 9.68. The lowest BCUT2D eigenvalue weighted by atomic mass is 10.5. The normalized spacial score (nSPS) is 10.4. The van der Waals surface area contributed by atoms with Gasteiger partial charge >= 0.3 is 5.20 Å². The Bertz CT molecular complexity index is 293. The Hall–Kier alpha value is 1.12. The molecule has 0 amide bonds. The lowest BCUT2D eigenvalue weighted by Crippen LogP contribution is -1.74. The van der Waals surface area contributed by atoms with Crippen LogP contribution < -0.4 is 0 Å². The maximum Gasteiger partial charge on any atom is 0.339 e. The molecule has 1 aromatic rings. The Morgan fingerprint density at radius 2 is 1.29 bits per heavy atom. The van der Waals surface area contributed by atoms with E-state index in [0.717, 1.165) is 0 Å². The van der Waals surface area contributed by atoms with E-state index in [4.69, 9.17) is 34.8 Å². The molecular formula is C5H2Cl6NOP. The third-order valence-electron chi connectivity index (χ3n) is 0.728. The zero-order valence-corrected chi connectivity index (χ0v) is 11.7. The number of nitrogens with zero attached hydrogens (tertiary/aromatic N) is 1. The van der Waals surface area contributed by atoms with E-state index >= 15 is 0 Å². The van der Waals surface area contributed by atoms with Crippen molar-refractivity contribution in [2.24, 2.45) is 0 Å². The number of rotatable bonds is 0. The van der Waals surface area contributed by atoms with Crippen LogP contribution in [0.2, 0.25) is 15.3 Å². The molecule has 0 saturated heterocycles. The molecule has 0 spiro atoms. The first-order valence-electron chi connectivity index (χ1n) is 2.86. The topological polar surface area (TPSA) is 30.0 Å². The fourth-order valence-corrected chi connectivity index (χ4v) is 1.21. The van der Waals surface area contributed by atoms with Crippen LogP contribution in [0.5, 0.6) is 0 Å². The lowest BCUT2D eigenvalue weighted by molar-refractivity contribution is 0.600. The quantitative estimate of drug-likeness (QED) is 0.439. The predicted octanol–water partition coefficient (Wildman–Crippen LogP) is 5.85. The molecule has 1 rings (SSSR count). The zero-order chi connectivity index (χ0) is 11.4. The number of halogens is 6. The fraction of sp³-hybridized carbons (Fsp3) is 0. The number of hydrogen-bond acceptors (Lipinski definition) is 2. The number of pyridine rings is 1. The Morgan fingerprint density at radius 1 is 1.00 bits per heavy atom. The van der Waals surface area contributed by atoms with Crippen LogP contribution in [0, 0.1) is 0 Å². The van der Waals surface area contributed by atoms with Crippen molar-refractivity contribution in [3.05, 3.63) is 27.5 Å². The van der Waals surface area contributed by atoms with Crippen molar-refractivity contribution in [1.82, 2.24) is 4.98 Å². The van der Waals surface area contributed by atoms with E-state index < -0.39 is 5.20 Å². The van der Waals surface area contributed by atoms with Crippen molar-refractivity contribution in [3.63, 3.8) is 0 Å². The maximum atomic E-state index is 9.51. The van der Waals surface area contributed by atoms with E-state index in [1.165, 1.54) is 12.1 Å². The molecule has 0 fully saturated rings. The van der Waals surface area contributed by atoms with Gasteiger partial charge in [-0.1, -0.05) is 34.8 Å². The second-order valence-electron chi connectivity index (χ2n) is 1.83. The molecule has 0 aromatic carbocycles. The van der Waals surface area contributed by atoms with E-state index in [9.17, 15) is 4.57 Å². The number of aromatic nitrogens is 1. The van der Waals surface area contributed by atoms with Gasteiger partial charge in [0.05, 0.1) is 0 Å². The fourth-order valence-electron chi connectivity index (χ4n) is 0.436. The standard InChI is InChI=1S/C5H2Cl3N.Cl3OP/c6-3-1-4(7)9-5(8)2-3;1-5(2,3)4/h1-2H;. The van der Waals surface area contributed by atoms with Crippen LogP contribution in [0.15, 0.2) is 12.1 Å². The van der Waals surface area contributed by atoms with Crippen LogP contribution in [0.3, 0.4) is 0 Å². The van der Waals surface area contributed by atoms with E-state index in [-0.39, 0.29) is 0 Å². The maximum absolute atomic E-state index is 9.51. The van der Waals surface area contributed by atoms with Gasteiger partial charge in [0.1, 0.15) is 10.3 Å². The first-order valence-corrected chi connectivity index (χ1v) is 8.41. The molecule has 0 aliphatic rings. The van der Waals surface area contributed by atoms with Gasteiger partial charge in [0.25, 0.3) is 0 Å². The SMILES string of the molecule is Clc1cc(Cl)nc(Cl)c1.O=P(Cl)(Cl)Cl. The summed E-state index contributed by atoms with van der Waals surface area (Å²) < 4.78 is 9.51. The van der Waals surface area contributed by atoms with Crippen molar-refractivity contribution >= 4 is 73.7 Å². The van der Waals surface area contributed by atoms with E-state index in [1.807, 2.05) is 0 Å². The van der Waals surface area contributed by atoms with Gasteiger partial charge in [0.15, 0.2) is 0 Å². The third kappa shape index (κ3) is 11.2. The van der Waals surface area contributed by atoms with E-state index in [2.05, 4.69) is 38.7 Å². The molecule has 0 unspecified atom stereocenters. The van der Waals surface area contributed by atoms with Crippen LogP contribution in [-0.2, 0) is 4.57 Å². The first kappa shape index (κ1) is 15.1.